The first-order chi connectivity index (χ1) is 9.95. The molecule has 0 saturated carbocycles. The van der Waals surface area contributed by atoms with E-state index in [9.17, 15) is 4.79 Å². The Hall–Kier alpha value is -1.87. The molecule has 2 rings (SSSR count). The number of nitrogens with zero attached hydrogens (tertiary/aromatic N) is 1. The summed E-state index contributed by atoms with van der Waals surface area (Å²) in [6.45, 7) is 8.83. The van der Waals surface area contributed by atoms with Crippen LogP contribution in [0, 0.1) is 13.8 Å². The predicted molar refractivity (Wildman–Crippen MR) is 88.5 cm³/mol. The van der Waals surface area contributed by atoms with Crippen molar-refractivity contribution in [3.05, 3.63) is 57.4 Å². The number of aryl methyl sites for hydroxylation is 2. The van der Waals surface area contributed by atoms with Crippen LogP contribution in [0.15, 0.2) is 35.1 Å². The number of benzene rings is 1. The van der Waals surface area contributed by atoms with E-state index < -0.39 is 0 Å². The van der Waals surface area contributed by atoms with Crippen molar-refractivity contribution in [2.75, 3.05) is 0 Å². The minimum absolute atomic E-state index is 0.0302. The second-order valence-electron chi connectivity index (χ2n) is 5.72. The van der Waals surface area contributed by atoms with Gasteiger partial charge in [-0.05, 0) is 62.1 Å². The van der Waals surface area contributed by atoms with Crippen molar-refractivity contribution in [1.82, 2.24) is 4.57 Å². The third-order valence-corrected chi connectivity index (χ3v) is 3.94. The van der Waals surface area contributed by atoms with Crippen molar-refractivity contribution in [3.8, 4) is 11.3 Å². The molecule has 2 aromatic rings. The van der Waals surface area contributed by atoms with Gasteiger partial charge in [0.05, 0.1) is 5.69 Å². The minimum atomic E-state index is -0.241. The minimum Gasteiger partial charge on any atom is -0.324 e. The molecule has 0 amide bonds. The molecule has 0 bridgehead atoms. The Morgan fingerprint density at radius 2 is 1.86 bits per heavy atom. The van der Waals surface area contributed by atoms with E-state index in [-0.39, 0.29) is 11.6 Å². The van der Waals surface area contributed by atoms with Crippen molar-refractivity contribution in [3.63, 3.8) is 0 Å². The normalized spacial score (nSPS) is 12.4. The number of nitrogens with two attached hydrogens (primary N) is 1. The van der Waals surface area contributed by atoms with Crippen LogP contribution in [-0.2, 0) is 6.54 Å². The van der Waals surface area contributed by atoms with Crippen molar-refractivity contribution in [2.24, 2.45) is 5.73 Å². The molecule has 0 aliphatic carbocycles. The van der Waals surface area contributed by atoms with Gasteiger partial charge in [0.1, 0.15) is 0 Å². The van der Waals surface area contributed by atoms with Gasteiger partial charge in [-0.2, -0.15) is 0 Å². The molecular formula is C18H24N2O. The molecule has 1 unspecified atom stereocenters. The molecule has 3 nitrogen and oxygen atoms in total. The fourth-order valence-corrected chi connectivity index (χ4v) is 2.54. The summed E-state index contributed by atoms with van der Waals surface area (Å²) >= 11 is 0. The molecule has 0 saturated heterocycles. The van der Waals surface area contributed by atoms with E-state index in [1.165, 1.54) is 11.1 Å². The Morgan fingerprint density at radius 1 is 1.14 bits per heavy atom. The standard InChI is InChI=1S/C18H24N2O/c1-5-10-20-17(9-8-16(14(4)19)18(20)21)15-7-6-12(2)13(3)11-15/h6-9,11,14H,5,10,19H2,1-4H3. The largest absolute Gasteiger partial charge is 0.324 e. The van der Waals surface area contributed by atoms with E-state index >= 15 is 0 Å². The molecule has 1 atom stereocenters. The second kappa shape index (κ2) is 6.27. The maximum atomic E-state index is 12.6. The van der Waals surface area contributed by atoms with Crippen LogP contribution in [0.3, 0.4) is 0 Å². The van der Waals surface area contributed by atoms with Crippen molar-refractivity contribution in [2.45, 2.75) is 46.7 Å². The summed E-state index contributed by atoms with van der Waals surface area (Å²) in [6.07, 6.45) is 0.917. The summed E-state index contributed by atoms with van der Waals surface area (Å²) in [4.78, 5) is 12.6. The van der Waals surface area contributed by atoms with Gasteiger partial charge in [-0.25, -0.2) is 0 Å². The first-order valence-electron chi connectivity index (χ1n) is 7.52. The van der Waals surface area contributed by atoms with E-state index in [0.29, 0.717) is 12.1 Å². The third-order valence-electron chi connectivity index (χ3n) is 3.94. The molecule has 112 valence electrons. The fraction of sp³-hybridized carbons (Fsp3) is 0.389. The molecule has 0 spiro atoms. The van der Waals surface area contributed by atoms with E-state index in [2.05, 4.69) is 39.0 Å². The van der Waals surface area contributed by atoms with E-state index in [1.807, 2.05) is 23.6 Å². The summed E-state index contributed by atoms with van der Waals surface area (Å²) in [6, 6.07) is 9.96. The van der Waals surface area contributed by atoms with Crippen LogP contribution in [0.25, 0.3) is 11.3 Å². The molecule has 0 radical (unpaired) electrons. The highest BCUT2D eigenvalue weighted by atomic mass is 16.1. The highest BCUT2D eigenvalue weighted by molar-refractivity contribution is 5.61. The van der Waals surface area contributed by atoms with Crippen molar-refractivity contribution in [1.29, 1.82) is 0 Å². The average Bonchev–Trinajstić information content (AvgIpc) is 2.44. The summed E-state index contributed by atoms with van der Waals surface area (Å²) in [5.41, 5.74) is 11.2. The highest BCUT2D eigenvalue weighted by Gasteiger charge is 2.12. The first-order valence-corrected chi connectivity index (χ1v) is 7.52. The first kappa shape index (κ1) is 15.5. The molecule has 0 fully saturated rings. The Kier molecular flexibility index (Phi) is 4.63. The summed E-state index contributed by atoms with van der Waals surface area (Å²) in [7, 11) is 0. The lowest BCUT2D eigenvalue weighted by Crippen LogP contribution is -2.28. The molecule has 2 N–H and O–H groups in total. The fourth-order valence-electron chi connectivity index (χ4n) is 2.54. The lowest BCUT2D eigenvalue weighted by molar-refractivity contribution is 0.643. The van der Waals surface area contributed by atoms with Gasteiger partial charge in [0.25, 0.3) is 5.56 Å². The number of rotatable bonds is 4. The van der Waals surface area contributed by atoms with Gasteiger partial charge in [-0.15, -0.1) is 0 Å². The Labute approximate surface area is 126 Å². The molecule has 1 heterocycles. The predicted octanol–water partition coefficient (Wildman–Crippen LogP) is 3.56. The van der Waals surface area contributed by atoms with E-state index in [4.69, 9.17) is 5.73 Å². The van der Waals surface area contributed by atoms with E-state index in [0.717, 1.165) is 17.7 Å². The summed E-state index contributed by atoms with van der Waals surface area (Å²) in [5.74, 6) is 0. The molecule has 3 heteroatoms. The molecule has 0 aliphatic rings. The molecule has 21 heavy (non-hydrogen) atoms. The number of hydrogen-bond acceptors (Lipinski definition) is 2. The van der Waals surface area contributed by atoms with Crippen LogP contribution in [0.4, 0.5) is 0 Å². The second-order valence-corrected chi connectivity index (χ2v) is 5.72. The monoisotopic (exact) mass is 284 g/mol. The topological polar surface area (TPSA) is 48.0 Å². The smallest absolute Gasteiger partial charge is 0.255 e. The van der Waals surface area contributed by atoms with Gasteiger partial charge in [0.15, 0.2) is 0 Å². The molecule has 1 aromatic carbocycles. The van der Waals surface area contributed by atoms with Crippen molar-refractivity contribution < 1.29 is 0 Å². The van der Waals surface area contributed by atoms with Crippen LogP contribution in [0.2, 0.25) is 0 Å². The highest BCUT2D eigenvalue weighted by Crippen LogP contribution is 2.22. The maximum absolute atomic E-state index is 12.6. The Bertz CT molecular complexity index is 699. The third kappa shape index (κ3) is 3.08. The van der Waals surface area contributed by atoms with E-state index in [1.54, 1.807) is 0 Å². The number of aromatic nitrogens is 1. The summed E-state index contributed by atoms with van der Waals surface area (Å²) in [5, 5.41) is 0. The van der Waals surface area contributed by atoms with Crippen molar-refractivity contribution >= 4 is 0 Å². The van der Waals surface area contributed by atoms with Gasteiger partial charge in [0.2, 0.25) is 0 Å². The van der Waals surface area contributed by atoms with Crippen LogP contribution >= 0.6 is 0 Å². The lowest BCUT2D eigenvalue weighted by atomic mass is 10.0. The zero-order valence-electron chi connectivity index (χ0n) is 13.3. The van der Waals surface area contributed by atoms with Gasteiger partial charge >= 0.3 is 0 Å². The zero-order valence-corrected chi connectivity index (χ0v) is 13.3. The maximum Gasteiger partial charge on any atom is 0.255 e. The number of pyridine rings is 1. The van der Waals surface area contributed by atoms with Crippen LogP contribution in [-0.4, -0.2) is 4.57 Å². The van der Waals surface area contributed by atoms with Gasteiger partial charge in [-0.3, -0.25) is 4.79 Å². The SMILES string of the molecule is CCCn1c(-c2ccc(C)c(C)c2)ccc(C(C)N)c1=O. The Morgan fingerprint density at radius 3 is 2.43 bits per heavy atom. The average molecular weight is 284 g/mol. The zero-order chi connectivity index (χ0) is 15.6. The lowest BCUT2D eigenvalue weighted by Gasteiger charge is -2.16. The molecular weight excluding hydrogens is 260 g/mol. The van der Waals surface area contributed by atoms with Gasteiger partial charge in [0, 0.05) is 18.2 Å². The molecule has 1 aromatic heterocycles. The van der Waals surface area contributed by atoms with Gasteiger partial charge in [-0.1, -0.05) is 19.1 Å². The Balaban J connectivity index is 2.65. The summed E-state index contributed by atoms with van der Waals surface area (Å²) < 4.78 is 1.85. The quantitative estimate of drug-likeness (QED) is 0.933. The van der Waals surface area contributed by atoms with Crippen LogP contribution < -0.4 is 11.3 Å². The van der Waals surface area contributed by atoms with Gasteiger partial charge < -0.3 is 10.3 Å². The van der Waals surface area contributed by atoms with Crippen LogP contribution in [0.5, 0.6) is 0 Å². The number of hydrogen-bond donors (Lipinski definition) is 1. The molecule has 0 aliphatic heterocycles. The van der Waals surface area contributed by atoms with Crippen LogP contribution in [0.1, 0.15) is 43.0 Å².